The van der Waals surface area contributed by atoms with E-state index in [9.17, 15) is 5.11 Å². The Kier molecular flexibility index (Phi) is 2.83. The number of aliphatic hydroxyl groups excluding tert-OH is 1. The molecule has 1 aromatic carbocycles. The topological polar surface area (TPSA) is 50.9 Å². The molecule has 78 valence electrons. The Hall–Kier alpha value is -1.20. The molecule has 1 heterocycles. The van der Waals surface area contributed by atoms with Crippen LogP contribution in [0.4, 0.5) is 0 Å². The number of aromatic nitrogens is 3. The molecule has 1 unspecified atom stereocenters. The van der Waals surface area contributed by atoms with Gasteiger partial charge in [-0.25, -0.2) is 4.68 Å². The lowest BCUT2D eigenvalue weighted by atomic mass is 10.1. The Labute approximate surface area is 95.7 Å². The van der Waals surface area contributed by atoms with E-state index in [1.807, 2.05) is 24.3 Å². The first kappa shape index (κ1) is 10.3. The van der Waals surface area contributed by atoms with E-state index in [1.165, 1.54) is 0 Å². The van der Waals surface area contributed by atoms with Crippen molar-refractivity contribution in [1.82, 2.24) is 15.0 Å². The van der Waals surface area contributed by atoms with Crippen molar-refractivity contribution >= 4 is 15.9 Å². The Bertz CT molecular complexity index is 469. The average Bonchev–Trinajstić information content (AvgIpc) is 2.63. The van der Waals surface area contributed by atoms with Gasteiger partial charge in [-0.1, -0.05) is 33.3 Å². The Morgan fingerprint density at radius 3 is 2.87 bits per heavy atom. The fourth-order valence-corrected chi connectivity index (χ4v) is 1.81. The van der Waals surface area contributed by atoms with Crippen molar-refractivity contribution in [2.75, 3.05) is 0 Å². The molecule has 0 saturated carbocycles. The van der Waals surface area contributed by atoms with E-state index in [1.54, 1.807) is 17.9 Å². The zero-order chi connectivity index (χ0) is 10.8. The summed E-state index contributed by atoms with van der Waals surface area (Å²) >= 11 is 3.36. The van der Waals surface area contributed by atoms with Gasteiger partial charge in [0.25, 0.3) is 0 Å². The fourth-order valence-electron chi connectivity index (χ4n) is 1.39. The molecule has 0 aliphatic rings. The van der Waals surface area contributed by atoms with Crippen LogP contribution in [0.25, 0.3) is 0 Å². The maximum atomic E-state index is 10.1. The molecule has 15 heavy (non-hydrogen) atoms. The van der Waals surface area contributed by atoms with Crippen LogP contribution in [0.5, 0.6) is 0 Å². The Morgan fingerprint density at radius 2 is 2.27 bits per heavy atom. The van der Waals surface area contributed by atoms with Crippen molar-refractivity contribution in [2.45, 2.75) is 6.10 Å². The molecular weight excluding hydrogens is 258 g/mol. The lowest BCUT2D eigenvalue weighted by molar-refractivity contribution is 0.209. The summed E-state index contributed by atoms with van der Waals surface area (Å²) < 4.78 is 2.50. The van der Waals surface area contributed by atoms with Crippen LogP contribution >= 0.6 is 15.9 Å². The molecule has 0 aliphatic carbocycles. The standard InChI is InChI=1S/C10H10BrN3O/c1-14-9(6-12-13-14)10(15)7-3-2-4-8(11)5-7/h2-6,10,15H,1H3. The summed E-state index contributed by atoms with van der Waals surface area (Å²) in [7, 11) is 1.75. The van der Waals surface area contributed by atoms with Gasteiger partial charge in [0.2, 0.25) is 0 Å². The Morgan fingerprint density at radius 1 is 1.47 bits per heavy atom. The largest absolute Gasteiger partial charge is 0.382 e. The zero-order valence-corrected chi connectivity index (χ0v) is 9.72. The minimum Gasteiger partial charge on any atom is -0.382 e. The summed E-state index contributed by atoms with van der Waals surface area (Å²) in [6.07, 6.45) is 0.869. The van der Waals surface area contributed by atoms with Crippen molar-refractivity contribution in [2.24, 2.45) is 7.05 Å². The van der Waals surface area contributed by atoms with E-state index in [0.29, 0.717) is 5.69 Å². The zero-order valence-electron chi connectivity index (χ0n) is 8.13. The highest BCUT2D eigenvalue weighted by Crippen LogP contribution is 2.23. The SMILES string of the molecule is Cn1nncc1C(O)c1cccc(Br)c1. The molecule has 0 amide bonds. The predicted octanol–water partition coefficient (Wildman–Crippen LogP) is 1.66. The third-order valence-corrected chi connectivity index (χ3v) is 2.69. The third kappa shape index (κ3) is 2.08. The second-order valence-electron chi connectivity index (χ2n) is 3.24. The van der Waals surface area contributed by atoms with Crippen LogP contribution in [0.15, 0.2) is 34.9 Å². The van der Waals surface area contributed by atoms with E-state index in [-0.39, 0.29) is 0 Å². The van der Waals surface area contributed by atoms with Gasteiger partial charge in [0.05, 0.1) is 11.9 Å². The molecule has 2 aromatic rings. The summed E-state index contributed by atoms with van der Waals surface area (Å²) in [6, 6.07) is 7.53. The van der Waals surface area contributed by atoms with Crippen LogP contribution < -0.4 is 0 Å². The van der Waals surface area contributed by atoms with Crippen LogP contribution in [0, 0.1) is 0 Å². The van der Waals surface area contributed by atoms with Crippen LogP contribution in [0.2, 0.25) is 0 Å². The third-order valence-electron chi connectivity index (χ3n) is 2.19. The minimum atomic E-state index is -0.692. The van der Waals surface area contributed by atoms with Crippen molar-refractivity contribution in [1.29, 1.82) is 0 Å². The molecular formula is C10H10BrN3O. The highest BCUT2D eigenvalue weighted by molar-refractivity contribution is 9.10. The number of rotatable bonds is 2. The van der Waals surface area contributed by atoms with Crippen LogP contribution in [0.3, 0.4) is 0 Å². The van der Waals surface area contributed by atoms with E-state index >= 15 is 0 Å². The number of benzene rings is 1. The average molecular weight is 268 g/mol. The summed E-state index contributed by atoms with van der Waals surface area (Å²) in [5.41, 5.74) is 1.49. The van der Waals surface area contributed by atoms with Gasteiger partial charge >= 0.3 is 0 Å². The molecule has 0 radical (unpaired) electrons. The molecule has 2 rings (SSSR count). The summed E-state index contributed by atoms with van der Waals surface area (Å²) in [5, 5.41) is 17.6. The minimum absolute atomic E-state index is 0.674. The molecule has 4 nitrogen and oxygen atoms in total. The van der Waals surface area contributed by atoms with Crippen LogP contribution in [-0.4, -0.2) is 20.1 Å². The van der Waals surface area contributed by atoms with Gasteiger partial charge in [-0.2, -0.15) is 0 Å². The molecule has 5 heteroatoms. The van der Waals surface area contributed by atoms with E-state index in [0.717, 1.165) is 10.0 Å². The van der Waals surface area contributed by atoms with Crippen LogP contribution in [0.1, 0.15) is 17.4 Å². The van der Waals surface area contributed by atoms with Crippen molar-refractivity contribution in [3.05, 3.63) is 46.2 Å². The smallest absolute Gasteiger partial charge is 0.122 e. The number of hydrogen-bond donors (Lipinski definition) is 1. The number of nitrogens with zero attached hydrogens (tertiary/aromatic N) is 3. The molecule has 0 bridgehead atoms. The summed E-state index contributed by atoms with van der Waals surface area (Å²) in [5.74, 6) is 0. The summed E-state index contributed by atoms with van der Waals surface area (Å²) in [4.78, 5) is 0. The molecule has 0 spiro atoms. The van der Waals surface area contributed by atoms with Crippen molar-refractivity contribution < 1.29 is 5.11 Å². The van der Waals surface area contributed by atoms with E-state index in [4.69, 9.17) is 0 Å². The Balaban J connectivity index is 2.36. The second kappa shape index (κ2) is 4.12. The normalized spacial score (nSPS) is 12.7. The summed E-state index contributed by atoms with van der Waals surface area (Å²) in [6.45, 7) is 0. The van der Waals surface area contributed by atoms with Gasteiger partial charge in [0, 0.05) is 11.5 Å². The van der Waals surface area contributed by atoms with Gasteiger partial charge in [0.15, 0.2) is 0 Å². The lowest BCUT2D eigenvalue weighted by Gasteiger charge is -2.10. The first-order chi connectivity index (χ1) is 7.18. The second-order valence-corrected chi connectivity index (χ2v) is 4.16. The first-order valence-electron chi connectivity index (χ1n) is 4.46. The van der Waals surface area contributed by atoms with Gasteiger partial charge in [-0.15, -0.1) is 5.10 Å². The maximum Gasteiger partial charge on any atom is 0.122 e. The van der Waals surface area contributed by atoms with Gasteiger partial charge in [-0.05, 0) is 17.7 Å². The van der Waals surface area contributed by atoms with E-state index < -0.39 is 6.10 Å². The number of halogens is 1. The quantitative estimate of drug-likeness (QED) is 0.901. The highest BCUT2D eigenvalue weighted by Gasteiger charge is 2.14. The molecule has 1 aromatic heterocycles. The number of aryl methyl sites for hydroxylation is 1. The first-order valence-corrected chi connectivity index (χ1v) is 5.26. The van der Waals surface area contributed by atoms with Gasteiger partial charge < -0.3 is 5.11 Å². The molecule has 0 aliphatic heterocycles. The highest BCUT2D eigenvalue weighted by atomic mass is 79.9. The van der Waals surface area contributed by atoms with Gasteiger partial charge in [-0.3, -0.25) is 0 Å². The number of hydrogen-bond acceptors (Lipinski definition) is 3. The van der Waals surface area contributed by atoms with Crippen molar-refractivity contribution in [3.8, 4) is 0 Å². The van der Waals surface area contributed by atoms with Crippen molar-refractivity contribution in [3.63, 3.8) is 0 Å². The van der Waals surface area contributed by atoms with Crippen LogP contribution in [-0.2, 0) is 7.05 Å². The molecule has 1 atom stereocenters. The van der Waals surface area contributed by atoms with Gasteiger partial charge in [0.1, 0.15) is 6.10 Å². The molecule has 0 saturated heterocycles. The molecule has 0 fully saturated rings. The predicted molar refractivity (Wildman–Crippen MR) is 59.2 cm³/mol. The number of aliphatic hydroxyl groups is 1. The maximum absolute atomic E-state index is 10.1. The fraction of sp³-hybridized carbons (Fsp3) is 0.200. The monoisotopic (exact) mass is 267 g/mol. The van der Waals surface area contributed by atoms with E-state index in [2.05, 4.69) is 26.2 Å². The lowest BCUT2D eigenvalue weighted by Crippen LogP contribution is -2.06. The molecule has 1 N–H and O–H groups in total.